The van der Waals surface area contributed by atoms with E-state index in [0.717, 1.165) is 17.0 Å². The van der Waals surface area contributed by atoms with Crippen LogP contribution >= 0.6 is 0 Å². The second-order valence-corrected chi connectivity index (χ2v) is 5.13. The Labute approximate surface area is 122 Å². The van der Waals surface area contributed by atoms with Gasteiger partial charge in [-0.1, -0.05) is 5.21 Å². The number of aliphatic hydroxyl groups excluding tert-OH is 2. The van der Waals surface area contributed by atoms with E-state index in [1.807, 2.05) is 30.5 Å². The summed E-state index contributed by atoms with van der Waals surface area (Å²) in [7, 11) is 1.62. The second kappa shape index (κ2) is 5.80. The second-order valence-electron chi connectivity index (χ2n) is 5.13. The highest BCUT2D eigenvalue weighted by Gasteiger charge is 2.33. The number of ether oxygens (including phenoxy) is 1. The Hall–Kier alpha value is -1.96. The van der Waals surface area contributed by atoms with Crippen molar-refractivity contribution in [2.45, 2.75) is 24.8 Å². The standard InChI is InChI=1S/C14H18N4O3/c1-21-10-4-2-9(3-5-10)11-7-18(17-16-11)8-12-14(20)13(19)6-15-12/h2-5,7,12-15,19-20H,6,8H2,1H3/t12-,13+,14-/m0/s1. The van der Waals surface area contributed by atoms with Gasteiger partial charge in [0.05, 0.1) is 38.1 Å². The molecule has 3 rings (SSSR count). The van der Waals surface area contributed by atoms with Crippen molar-refractivity contribution in [2.75, 3.05) is 13.7 Å². The number of benzene rings is 1. The predicted octanol–water partition coefficient (Wildman–Crippen LogP) is -0.353. The van der Waals surface area contributed by atoms with E-state index in [0.29, 0.717) is 13.1 Å². The van der Waals surface area contributed by atoms with Crippen molar-refractivity contribution in [3.05, 3.63) is 30.5 Å². The number of methoxy groups -OCH3 is 1. The van der Waals surface area contributed by atoms with Gasteiger partial charge in [-0.05, 0) is 24.3 Å². The molecule has 1 fully saturated rings. The lowest BCUT2D eigenvalue weighted by molar-refractivity contribution is 0.0372. The minimum Gasteiger partial charge on any atom is -0.497 e. The van der Waals surface area contributed by atoms with Gasteiger partial charge in [0, 0.05) is 12.1 Å². The van der Waals surface area contributed by atoms with Crippen molar-refractivity contribution in [1.82, 2.24) is 20.3 Å². The van der Waals surface area contributed by atoms with E-state index < -0.39 is 12.2 Å². The maximum atomic E-state index is 9.81. The van der Waals surface area contributed by atoms with Crippen LogP contribution in [0.4, 0.5) is 0 Å². The smallest absolute Gasteiger partial charge is 0.118 e. The minimum absolute atomic E-state index is 0.217. The summed E-state index contributed by atoms with van der Waals surface area (Å²) >= 11 is 0. The highest BCUT2D eigenvalue weighted by atomic mass is 16.5. The highest BCUT2D eigenvalue weighted by molar-refractivity contribution is 5.58. The normalized spacial score (nSPS) is 25.2. The van der Waals surface area contributed by atoms with Gasteiger partial charge in [-0.3, -0.25) is 4.68 Å². The molecule has 0 radical (unpaired) electrons. The molecule has 3 N–H and O–H groups in total. The maximum Gasteiger partial charge on any atom is 0.118 e. The Morgan fingerprint density at radius 2 is 2.10 bits per heavy atom. The monoisotopic (exact) mass is 290 g/mol. The van der Waals surface area contributed by atoms with E-state index in [2.05, 4.69) is 15.6 Å². The van der Waals surface area contributed by atoms with Gasteiger partial charge < -0.3 is 20.3 Å². The summed E-state index contributed by atoms with van der Waals surface area (Å²) in [6.45, 7) is 0.854. The number of hydrogen-bond donors (Lipinski definition) is 3. The Kier molecular flexibility index (Phi) is 3.87. The lowest BCUT2D eigenvalue weighted by atomic mass is 10.1. The van der Waals surface area contributed by atoms with Crippen LogP contribution in [0, 0.1) is 0 Å². The van der Waals surface area contributed by atoms with Gasteiger partial charge in [-0.15, -0.1) is 5.10 Å². The zero-order valence-electron chi connectivity index (χ0n) is 11.7. The SMILES string of the molecule is COc1ccc(-c2cn(C[C@@H]3NC[C@@H](O)[C@H]3O)nn2)cc1. The van der Waals surface area contributed by atoms with E-state index in [-0.39, 0.29) is 6.04 Å². The van der Waals surface area contributed by atoms with Gasteiger partial charge in [-0.2, -0.15) is 0 Å². The Bertz CT molecular complexity index is 599. The van der Waals surface area contributed by atoms with Crippen LogP contribution < -0.4 is 10.1 Å². The van der Waals surface area contributed by atoms with Gasteiger partial charge >= 0.3 is 0 Å². The van der Waals surface area contributed by atoms with Crippen LogP contribution in [-0.2, 0) is 6.54 Å². The van der Waals surface area contributed by atoms with Crippen LogP contribution in [0.3, 0.4) is 0 Å². The van der Waals surface area contributed by atoms with Crippen LogP contribution in [-0.4, -0.2) is 57.1 Å². The summed E-state index contributed by atoms with van der Waals surface area (Å²) in [4.78, 5) is 0. The zero-order chi connectivity index (χ0) is 14.8. The average molecular weight is 290 g/mol. The fourth-order valence-electron chi connectivity index (χ4n) is 2.44. The molecular formula is C14H18N4O3. The molecule has 0 spiro atoms. The van der Waals surface area contributed by atoms with E-state index in [1.54, 1.807) is 11.8 Å². The molecule has 1 aliphatic heterocycles. The summed E-state index contributed by atoms with van der Waals surface area (Å²) in [5.74, 6) is 0.790. The highest BCUT2D eigenvalue weighted by Crippen LogP contribution is 2.20. The summed E-state index contributed by atoms with van der Waals surface area (Å²) < 4.78 is 6.78. The number of nitrogens with zero attached hydrogens (tertiary/aromatic N) is 3. The lowest BCUT2D eigenvalue weighted by Crippen LogP contribution is -2.36. The molecule has 112 valence electrons. The summed E-state index contributed by atoms with van der Waals surface area (Å²) in [6, 6.07) is 7.35. The van der Waals surface area contributed by atoms with E-state index >= 15 is 0 Å². The molecule has 0 saturated carbocycles. The molecule has 0 unspecified atom stereocenters. The molecule has 1 aromatic heterocycles. The summed E-state index contributed by atoms with van der Waals surface area (Å²) in [5, 5.41) is 30.6. The Balaban J connectivity index is 1.71. The molecule has 7 nitrogen and oxygen atoms in total. The van der Waals surface area contributed by atoms with Crippen molar-refractivity contribution in [2.24, 2.45) is 0 Å². The van der Waals surface area contributed by atoms with Gasteiger partial charge in [0.2, 0.25) is 0 Å². The van der Waals surface area contributed by atoms with Crippen molar-refractivity contribution in [3.8, 4) is 17.0 Å². The molecule has 2 heterocycles. The third-order valence-corrected chi connectivity index (χ3v) is 3.70. The number of nitrogens with one attached hydrogen (secondary N) is 1. The van der Waals surface area contributed by atoms with Crippen LogP contribution in [0.15, 0.2) is 30.5 Å². The topological polar surface area (TPSA) is 92.4 Å². The molecule has 1 aromatic carbocycles. The third-order valence-electron chi connectivity index (χ3n) is 3.70. The predicted molar refractivity (Wildman–Crippen MR) is 75.8 cm³/mol. The first-order chi connectivity index (χ1) is 10.2. The number of rotatable bonds is 4. The first kappa shape index (κ1) is 14.0. The van der Waals surface area contributed by atoms with E-state index in [9.17, 15) is 10.2 Å². The largest absolute Gasteiger partial charge is 0.497 e. The van der Waals surface area contributed by atoms with Crippen LogP contribution in [0.1, 0.15) is 0 Å². The van der Waals surface area contributed by atoms with Crippen LogP contribution in [0.25, 0.3) is 11.3 Å². The number of aromatic nitrogens is 3. The van der Waals surface area contributed by atoms with E-state index in [1.165, 1.54) is 0 Å². The maximum absolute atomic E-state index is 9.81. The Morgan fingerprint density at radius 1 is 1.33 bits per heavy atom. The fraction of sp³-hybridized carbons (Fsp3) is 0.429. The quantitative estimate of drug-likeness (QED) is 0.712. The van der Waals surface area contributed by atoms with Crippen LogP contribution in [0.2, 0.25) is 0 Å². The number of β-amino-alcohol motifs (C(OH)–C–C–N with tert-alkyl or cyclic N) is 1. The van der Waals surface area contributed by atoms with E-state index in [4.69, 9.17) is 4.74 Å². The van der Waals surface area contributed by atoms with Gasteiger partial charge in [0.15, 0.2) is 0 Å². The first-order valence-electron chi connectivity index (χ1n) is 6.81. The molecule has 21 heavy (non-hydrogen) atoms. The molecule has 2 aromatic rings. The Morgan fingerprint density at radius 3 is 2.71 bits per heavy atom. The van der Waals surface area contributed by atoms with Crippen LogP contribution in [0.5, 0.6) is 5.75 Å². The molecule has 7 heteroatoms. The number of aliphatic hydroxyl groups is 2. The van der Waals surface area contributed by atoms with Gasteiger partial charge in [0.25, 0.3) is 0 Å². The number of hydrogen-bond acceptors (Lipinski definition) is 6. The zero-order valence-corrected chi connectivity index (χ0v) is 11.7. The molecule has 0 bridgehead atoms. The lowest BCUT2D eigenvalue weighted by Gasteiger charge is -2.15. The summed E-state index contributed by atoms with van der Waals surface area (Å²) in [5.41, 5.74) is 1.70. The van der Waals surface area contributed by atoms with Crippen molar-refractivity contribution < 1.29 is 14.9 Å². The summed E-state index contributed by atoms with van der Waals surface area (Å²) in [6.07, 6.45) is 0.319. The van der Waals surface area contributed by atoms with Crippen molar-refractivity contribution in [1.29, 1.82) is 0 Å². The van der Waals surface area contributed by atoms with Gasteiger partial charge in [-0.25, -0.2) is 0 Å². The molecule has 3 atom stereocenters. The minimum atomic E-state index is -0.779. The third kappa shape index (κ3) is 2.90. The molecule has 1 aliphatic rings. The molecular weight excluding hydrogens is 272 g/mol. The molecule has 0 amide bonds. The van der Waals surface area contributed by atoms with Crippen molar-refractivity contribution >= 4 is 0 Å². The fourth-order valence-corrected chi connectivity index (χ4v) is 2.44. The molecule has 1 saturated heterocycles. The average Bonchev–Trinajstić information content (AvgIpc) is 3.10. The van der Waals surface area contributed by atoms with Crippen molar-refractivity contribution in [3.63, 3.8) is 0 Å². The van der Waals surface area contributed by atoms with Gasteiger partial charge in [0.1, 0.15) is 11.4 Å². The molecule has 0 aliphatic carbocycles. The first-order valence-corrected chi connectivity index (χ1v) is 6.81.